The Morgan fingerprint density at radius 1 is 0.833 bits per heavy atom. The summed E-state index contributed by atoms with van der Waals surface area (Å²) in [5, 5.41) is 3.39. The lowest BCUT2D eigenvalue weighted by Crippen LogP contribution is -2.14. The number of nitrogens with one attached hydrogen (secondary N) is 1. The first-order valence-corrected chi connectivity index (χ1v) is 6.30. The molecule has 0 saturated carbocycles. The summed E-state index contributed by atoms with van der Waals surface area (Å²) in [6.07, 6.45) is 1.10. The molecule has 0 aliphatic rings. The fraction of sp³-hybridized carbons (Fsp3) is 0.250. The van der Waals surface area contributed by atoms with Crippen LogP contribution in [0.25, 0.3) is 0 Å². The number of rotatable bonds is 5. The molecule has 0 aromatic heterocycles. The van der Waals surface area contributed by atoms with E-state index < -0.39 is 0 Å². The topological polar surface area (TPSA) is 15.3 Å². The van der Waals surface area contributed by atoms with Gasteiger partial charge in [0.25, 0.3) is 0 Å². The molecule has 0 aliphatic carbocycles. The highest BCUT2D eigenvalue weighted by molar-refractivity contribution is 5.59. The van der Waals surface area contributed by atoms with Crippen molar-refractivity contribution in [1.82, 2.24) is 4.90 Å². The molecule has 2 rings (SSSR count). The highest BCUT2D eigenvalue weighted by Crippen LogP contribution is 2.16. The Labute approximate surface area is 109 Å². The molecule has 0 radical (unpaired) electrons. The maximum Gasteiger partial charge on any atom is 0.0384 e. The van der Waals surface area contributed by atoms with E-state index in [2.05, 4.69) is 60.7 Å². The minimum Gasteiger partial charge on any atom is -0.356 e. The van der Waals surface area contributed by atoms with Crippen LogP contribution in [0.3, 0.4) is 0 Å². The van der Waals surface area contributed by atoms with Gasteiger partial charge in [0.1, 0.15) is 0 Å². The molecular formula is C16H20N2. The third-order valence-corrected chi connectivity index (χ3v) is 2.86. The van der Waals surface area contributed by atoms with E-state index in [1.807, 2.05) is 18.2 Å². The van der Waals surface area contributed by atoms with Crippen LogP contribution in [0.1, 0.15) is 5.56 Å². The second-order valence-corrected chi connectivity index (χ2v) is 4.74. The van der Waals surface area contributed by atoms with Crippen molar-refractivity contribution in [3.8, 4) is 0 Å². The maximum absolute atomic E-state index is 3.39. The minimum atomic E-state index is 1.09. The number of para-hydroxylation sites is 1. The van der Waals surface area contributed by atoms with E-state index in [1.165, 1.54) is 5.56 Å². The Bertz CT molecular complexity index is 460. The van der Waals surface area contributed by atoms with Gasteiger partial charge in [-0.25, -0.2) is 0 Å². The largest absolute Gasteiger partial charge is 0.356 e. The average Bonchev–Trinajstić information content (AvgIpc) is 2.39. The zero-order valence-electron chi connectivity index (χ0n) is 11.1. The molecule has 0 atom stereocenters. The van der Waals surface area contributed by atoms with Gasteiger partial charge in [-0.3, -0.25) is 0 Å². The standard InChI is InChI=1S/C16H20N2/c1-18(2)13-12-14-8-10-16(11-9-14)17-15-6-4-3-5-7-15/h3-11,17H,12-13H2,1-2H3. The first kappa shape index (κ1) is 12.7. The predicted octanol–water partition coefficient (Wildman–Crippen LogP) is 3.53. The molecule has 0 saturated heterocycles. The number of benzene rings is 2. The van der Waals surface area contributed by atoms with Gasteiger partial charge in [-0.2, -0.15) is 0 Å². The van der Waals surface area contributed by atoms with E-state index in [9.17, 15) is 0 Å². The minimum absolute atomic E-state index is 1.09. The summed E-state index contributed by atoms with van der Waals surface area (Å²) < 4.78 is 0. The lowest BCUT2D eigenvalue weighted by Gasteiger charge is -2.10. The number of hydrogen-bond acceptors (Lipinski definition) is 2. The second-order valence-electron chi connectivity index (χ2n) is 4.74. The summed E-state index contributed by atoms with van der Waals surface area (Å²) in [6, 6.07) is 18.9. The lowest BCUT2D eigenvalue weighted by atomic mass is 10.1. The summed E-state index contributed by atoms with van der Waals surface area (Å²) in [5.41, 5.74) is 3.63. The van der Waals surface area contributed by atoms with Crippen LogP contribution in [-0.2, 0) is 6.42 Å². The van der Waals surface area contributed by atoms with Crippen molar-refractivity contribution in [3.63, 3.8) is 0 Å². The molecular weight excluding hydrogens is 220 g/mol. The van der Waals surface area contributed by atoms with Crippen molar-refractivity contribution < 1.29 is 0 Å². The highest BCUT2D eigenvalue weighted by Gasteiger charge is 1.97. The van der Waals surface area contributed by atoms with Crippen LogP contribution < -0.4 is 5.32 Å². The molecule has 0 aliphatic heterocycles. The van der Waals surface area contributed by atoms with Crippen molar-refractivity contribution in [1.29, 1.82) is 0 Å². The normalized spacial score (nSPS) is 10.6. The molecule has 0 unspecified atom stereocenters. The van der Waals surface area contributed by atoms with E-state index in [0.29, 0.717) is 0 Å². The molecule has 2 aromatic rings. The zero-order valence-corrected chi connectivity index (χ0v) is 11.1. The molecule has 2 nitrogen and oxygen atoms in total. The summed E-state index contributed by atoms with van der Waals surface area (Å²) in [6.45, 7) is 1.09. The molecule has 0 fully saturated rings. The van der Waals surface area contributed by atoms with Gasteiger partial charge in [-0.1, -0.05) is 30.3 Å². The number of nitrogens with zero attached hydrogens (tertiary/aromatic N) is 1. The molecule has 0 amide bonds. The molecule has 2 aromatic carbocycles. The Morgan fingerprint density at radius 2 is 1.44 bits per heavy atom. The first-order valence-electron chi connectivity index (χ1n) is 6.30. The third-order valence-electron chi connectivity index (χ3n) is 2.86. The Kier molecular flexibility index (Phi) is 4.37. The van der Waals surface area contributed by atoms with Gasteiger partial charge in [-0.05, 0) is 50.3 Å². The summed E-state index contributed by atoms with van der Waals surface area (Å²) in [5.74, 6) is 0. The van der Waals surface area contributed by atoms with Gasteiger partial charge >= 0.3 is 0 Å². The van der Waals surface area contributed by atoms with Crippen LogP contribution in [0.5, 0.6) is 0 Å². The van der Waals surface area contributed by atoms with E-state index in [-0.39, 0.29) is 0 Å². The first-order chi connectivity index (χ1) is 8.74. The smallest absolute Gasteiger partial charge is 0.0384 e. The quantitative estimate of drug-likeness (QED) is 0.860. The van der Waals surface area contributed by atoms with Gasteiger partial charge in [-0.15, -0.1) is 0 Å². The van der Waals surface area contributed by atoms with Crippen molar-refractivity contribution in [2.45, 2.75) is 6.42 Å². The van der Waals surface area contributed by atoms with Crippen LogP contribution in [0.15, 0.2) is 54.6 Å². The van der Waals surface area contributed by atoms with Gasteiger partial charge in [0.2, 0.25) is 0 Å². The average molecular weight is 240 g/mol. The Balaban J connectivity index is 1.95. The zero-order chi connectivity index (χ0) is 12.8. The predicted molar refractivity (Wildman–Crippen MR) is 78.4 cm³/mol. The van der Waals surface area contributed by atoms with Crippen molar-refractivity contribution in [3.05, 3.63) is 60.2 Å². The van der Waals surface area contributed by atoms with Crippen molar-refractivity contribution >= 4 is 11.4 Å². The van der Waals surface area contributed by atoms with Crippen LogP contribution in [0.4, 0.5) is 11.4 Å². The van der Waals surface area contributed by atoms with Crippen molar-refractivity contribution in [2.24, 2.45) is 0 Å². The number of likely N-dealkylation sites (N-methyl/N-ethyl adjacent to an activating group) is 1. The van der Waals surface area contributed by atoms with E-state index in [0.717, 1.165) is 24.3 Å². The molecule has 0 spiro atoms. The summed E-state index contributed by atoms with van der Waals surface area (Å²) in [4.78, 5) is 2.20. The van der Waals surface area contributed by atoms with Gasteiger partial charge in [0, 0.05) is 17.9 Å². The second kappa shape index (κ2) is 6.22. The van der Waals surface area contributed by atoms with E-state index >= 15 is 0 Å². The highest BCUT2D eigenvalue weighted by atomic mass is 15.0. The monoisotopic (exact) mass is 240 g/mol. The van der Waals surface area contributed by atoms with Crippen LogP contribution in [0, 0.1) is 0 Å². The Morgan fingerprint density at radius 3 is 2.06 bits per heavy atom. The summed E-state index contributed by atoms with van der Waals surface area (Å²) in [7, 11) is 4.21. The van der Waals surface area contributed by atoms with E-state index in [4.69, 9.17) is 0 Å². The third kappa shape index (κ3) is 3.90. The lowest BCUT2D eigenvalue weighted by molar-refractivity contribution is 0.413. The van der Waals surface area contributed by atoms with Gasteiger partial charge in [0.15, 0.2) is 0 Å². The number of anilines is 2. The fourth-order valence-corrected chi connectivity index (χ4v) is 1.80. The molecule has 0 heterocycles. The van der Waals surface area contributed by atoms with Crippen LogP contribution >= 0.6 is 0 Å². The fourth-order valence-electron chi connectivity index (χ4n) is 1.80. The molecule has 1 N–H and O–H groups in total. The molecule has 0 bridgehead atoms. The van der Waals surface area contributed by atoms with Crippen molar-refractivity contribution in [2.75, 3.05) is 26.0 Å². The number of hydrogen-bond donors (Lipinski definition) is 1. The molecule has 18 heavy (non-hydrogen) atoms. The summed E-state index contributed by atoms with van der Waals surface area (Å²) >= 11 is 0. The van der Waals surface area contributed by atoms with Gasteiger partial charge in [0.05, 0.1) is 0 Å². The van der Waals surface area contributed by atoms with Crippen LogP contribution in [0.2, 0.25) is 0 Å². The van der Waals surface area contributed by atoms with E-state index in [1.54, 1.807) is 0 Å². The van der Waals surface area contributed by atoms with Gasteiger partial charge < -0.3 is 10.2 Å². The SMILES string of the molecule is CN(C)CCc1ccc(Nc2ccccc2)cc1. The van der Waals surface area contributed by atoms with Crippen LogP contribution in [-0.4, -0.2) is 25.5 Å². The Hall–Kier alpha value is -1.80. The maximum atomic E-state index is 3.39. The molecule has 94 valence electrons. The molecule has 2 heteroatoms.